The number of nitrogens with zero attached hydrogens (tertiary/aromatic N) is 8. The number of nitrogens with one attached hydrogen (secondary N) is 2. The molecule has 14 heteroatoms. The molecule has 0 aliphatic heterocycles. The minimum atomic E-state index is 0.131. The molecule has 0 aliphatic carbocycles. The lowest BCUT2D eigenvalue weighted by molar-refractivity contribution is 0.276. The molecule has 2 aromatic carbocycles. The second kappa shape index (κ2) is 12.5. The minimum absolute atomic E-state index is 0.131. The Kier molecular flexibility index (Phi) is 8.44. The van der Waals surface area contributed by atoms with Gasteiger partial charge >= 0.3 is 6.01 Å². The van der Waals surface area contributed by atoms with Gasteiger partial charge in [0, 0.05) is 66.8 Å². The number of fused-ring (bicyclic) bond motifs is 1. The summed E-state index contributed by atoms with van der Waals surface area (Å²) in [6.07, 6.45) is 3.57. The van der Waals surface area contributed by atoms with Crippen molar-refractivity contribution in [2.75, 3.05) is 50.4 Å². The van der Waals surface area contributed by atoms with Crippen molar-refractivity contribution in [1.29, 1.82) is 0 Å². The number of hydrogen-bond acceptors (Lipinski definition) is 12. The summed E-state index contributed by atoms with van der Waals surface area (Å²) in [7, 11) is 6.84. The van der Waals surface area contributed by atoms with Crippen LogP contribution in [-0.4, -0.2) is 69.8 Å². The molecule has 13 nitrogen and oxygen atoms in total. The third kappa shape index (κ3) is 7.00. The standard InChI is InChI=1S/C27H29ClN10O3/c1-37(2)26-32-25(31-18-12-20(39-3)14-21(13-18)40-4)33-27(34-26)41-16-19-15-38(36-35-19)10-9-30-23-7-8-29-24-11-17(28)5-6-22(23)24/h5-8,11-15H,9-10,16H2,1-4H3,(H,29,30)(H,31,32,33,34). The number of aromatic nitrogens is 7. The van der Waals surface area contributed by atoms with Crippen molar-refractivity contribution in [2.45, 2.75) is 13.2 Å². The first-order valence-electron chi connectivity index (χ1n) is 12.6. The fourth-order valence-electron chi connectivity index (χ4n) is 3.91. The monoisotopic (exact) mass is 576 g/mol. The number of pyridine rings is 1. The normalized spacial score (nSPS) is 10.9. The summed E-state index contributed by atoms with van der Waals surface area (Å²) in [5, 5.41) is 16.7. The Morgan fingerprint density at radius 3 is 2.54 bits per heavy atom. The van der Waals surface area contributed by atoms with Crippen LogP contribution in [0.4, 0.5) is 23.3 Å². The van der Waals surface area contributed by atoms with Crippen LogP contribution in [0.2, 0.25) is 5.02 Å². The Balaban J connectivity index is 1.21. The number of methoxy groups -OCH3 is 2. The van der Waals surface area contributed by atoms with Crippen molar-refractivity contribution >= 4 is 45.8 Å². The lowest BCUT2D eigenvalue weighted by atomic mass is 10.2. The molecule has 41 heavy (non-hydrogen) atoms. The number of rotatable bonds is 12. The largest absolute Gasteiger partial charge is 0.497 e. The predicted molar refractivity (Wildman–Crippen MR) is 157 cm³/mol. The van der Waals surface area contributed by atoms with E-state index in [0.717, 1.165) is 16.6 Å². The Hall–Kier alpha value is -4.91. The summed E-state index contributed by atoms with van der Waals surface area (Å²) in [5.74, 6) is 1.98. The van der Waals surface area contributed by atoms with Crippen molar-refractivity contribution in [3.05, 3.63) is 65.6 Å². The highest BCUT2D eigenvalue weighted by atomic mass is 35.5. The lowest BCUT2D eigenvalue weighted by Gasteiger charge is -2.14. The van der Waals surface area contributed by atoms with E-state index in [-0.39, 0.29) is 12.6 Å². The molecule has 3 aromatic heterocycles. The molecule has 0 aliphatic rings. The third-order valence-electron chi connectivity index (χ3n) is 5.91. The summed E-state index contributed by atoms with van der Waals surface area (Å²) in [6.45, 7) is 1.36. The molecular weight excluding hydrogens is 548 g/mol. The van der Waals surface area contributed by atoms with E-state index in [2.05, 4.69) is 40.9 Å². The van der Waals surface area contributed by atoms with Gasteiger partial charge < -0.3 is 29.7 Å². The molecule has 5 rings (SSSR count). The van der Waals surface area contributed by atoms with Crippen LogP contribution in [0.15, 0.2) is 54.9 Å². The van der Waals surface area contributed by atoms with Crippen molar-refractivity contribution in [2.24, 2.45) is 0 Å². The maximum atomic E-state index is 6.09. The molecule has 212 valence electrons. The molecule has 0 unspecified atom stereocenters. The zero-order valence-electron chi connectivity index (χ0n) is 23.0. The minimum Gasteiger partial charge on any atom is -0.497 e. The highest BCUT2D eigenvalue weighted by Gasteiger charge is 2.12. The molecule has 3 heterocycles. The van der Waals surface area contributed by atoms with E-state index >= 15 is 0 Å². The highest BCUT2D eigenvalue weighted by Crippen LogP contribution is 2.28. The predicted octanol–water partition coefficient (Wildman–Crippen LogP) is 4.18. The molecule has 0 saturated carbocycles. The van der Waals surface area contributed by atoms with Gasteiger partial charge in [0.2, 0.25) is 11.9 Å². The second-order valence-corrected chi connectivity index (χ2v) is 9.51. The van der Waals surface area contributed by atoms with Crippen molar-refractivity contribution in [3.63, 3.8) is 0 Å². The van der Waals surface area contributed by atoms with E-state index in [1.54, 1.807) is 36.1 Å². The maximum Gasteiger partial charge on any atom is 0.323 e. The molecule has 0 saturated heterocycles. The number of ether oxygens (including phenoxy) is 3. The van der Waals surface area contributed by atoms with Crippen LogP contribution in [-0.2, 0) is 13.2 Å². The quantitative estimate of drug-likeness (QED) is 0.220. The molecular formula is C27H29ClN10O3. The van der Waals surface area contributed by atoms with E-state index in [4.69, 9.17) is 25.8 Å². The first kappa shape index (κ1) is 27.6. The van der Waals surface area contributed by atoms with Gasteiger partial charge in [0.05, 0.1) is 32.5 Å². The lowest BCUT2D eigenvalue weighted by Crippen LogP contribution is -2.15. The van der Waals surface area contributed by atoms with Crippen LogP contribution < -0.4 is 29.7 Å². The van der Waals surface area contributed by atoms with Crippen LogP contribution in [0.3, 0.4) is 0 Å². The molecule has 0 bridgehead atoms. The summed E-state index contributed by atoms with van der Waals surface area (Å²) in [4.78, 5) is 19.4. The summed E-state index contributed by atoms with van der Waals surface area (Å²) < 4.78 is 18.3. The average molecular weight is 577 g/mol. The van der Waals surface area contributed by atoms with Gasteiger partial charge in [-0.3, -0.25) is 9.67 Å². The molecule has 0 amide bonds. The number of halogens is 1. The van der Waals surface area contributed by atoms with Gasteiger partial charge in [-0.15, -0.1) is 5.10 Å². The van der Waals surface area contributed by atoms with Gasteiger partial charge in [0.15, 0.2) is 0 Å². The van der Waals surface area contributed by atoms with Gasteiger partial charge in [-0.2, -0.15) is 15.0 Å². The summed E-state index contributed by atoms with van der Waals surface area (Å²) in [6, 6.07) is 13.1. The maximum absolute atomic E-state index is 6.09. The van der Waals surface area contributed by atoms with Crippen LogP contribution in [0.5, 0.6) is 17.5 Å². The number of hydrogen-bond donors (Lipinski definition) is 2. The summed E-state index contributed by atoms with van der Waals surface area (Å²) in [5.41, 5.74) is 3.12. The molecule has 0 fully saturated rings. The van der Waals surface area contributed by atoms with Gasteiger partial charge in [-0.1, -0.05) is 16.8 Å². The van der Waals surface area contributed by atoms with Gasteiger partial charge in [0.1, 0.15) is 23.8 Å². The topological polar surface area (TPSA) is 137 Å². The zero-order chi connectivity index (χ0) is 28.8. The van der Waals surface area contributed by atoms with Gasteiger partial charge in [-0.25, -0.2) is 0 Å². The fraction of sp³-hybridized carbons (Fsp3) is 0.259. The van der Waals surface area contributed by atoms with Crippen molar-refractivity contribution < 1.29 is 14.2 Å². The Bertz CT molecular complexity index is 1620. The molecule has 0 spiro atoms. The van der Waals surface area contributed by atoms with Crippen LogP contribution in [0.25, 0.3) is 10.9 Å². The third-order valence-corrected chi connectivity index (χ3v) is 6.14. The smallest absolute Gasteiger partial charge is 0.323 e. The zero-order valence-corrected chi connectivity index (χ0v) is 23.8. The van der Waals surface area contributed by atoms with E-state index in [1.807, 2.05) is 56.7 Å². The SMILES string of the molecule is COc1cc(Nc2nc(OCc3cn(CCNc4ccnc5cc(Cl)ccc45)nn3)nc(N(C)C)n2)cc(OC)c1. The van der Waals surface area contributed by atoms with Crippen LogP contribution >= 0.6 is 11.6 Å². The highest BCUT2D eigenvalue weighted by molar-refractivity contribution is 6.31. The van der Waals surface area contributed by atoms with E-state index in [1.165, 1.54) is 0 Å². The van der Waals surface area contributed by atoms with Crippen LogP contribution in [0.1, 0.15) is 5.69 Å². The van der Waals surface area contributed by atoms with E-state index in [9.17, 15) is 0 Å². The van der Waals surface area contributed by atoms with Crippen LogP contribution in [0, 0.1) is 0 Å². The Morgan fingerprint density at radius 1 is 0.976 bits per heavy atom. The van der Waals surface area contributed by atoms with Gasteiger partial charge in [0.25, 0.3) is 0 Å². The van der Waals surface area contributed by atoms with Crippen molar-refractivity contribution in [1.82, 2.24) is 34.9 Å². The number of benzene rings is 2. The fourth-order valence-corrected chi connectivity index (χ4v) is 4.07. The molecule has 0 atom stereocenters. The second-order valence-electron chi connectivity index (χ2n) is 9.07. The summed E-state index contributed by atoms with van der Waals surface area (Å²) >= 11 is 6.09. The molecule has 0 radical (unpaired) electrons. The number of anilines is 4. The Labute approximate surface area is 241 Å². The van der Waals surface area contributed by atoms with Gasteiger partial charge in [-0.05, 0) is 24.3 Å². The first-order chi connectivity index (χ1) is 19.9. The Morgan fingerprint density at radius 2 is 1.78 bits per heavy atom. The van der Waals surface area contributed by atoms with E-state index in [0.29, 0.717) is 52.9 Å². The molecule has 5 aromatic rings. The average Bonchev–Trinajstić information content (AvgIpc) is 3.43. The van der Waals surface area contributed by atoms with E-state index < -0.39 is 0 Å². The first-order valence-corrected chi connectivity index (χ1v) is 13.0. The van der Waals surface area contributed by atoms with Crippen molar-refractivity contribution in [3.8, 4) is 17.5 Å². The molecule has 2 N–H and O–H groups in total.